The zero-order valence-corrected chi connectivity index (χ0v) is 10.5. The van der Waals surface area contributed by atoms with Gasteiger partial charge in [-0.15, -0.1) is 0 Å². The molecule has 3 N–H and O–H groups in total. The fraction of sp³-hybridized carbons (Fsp3) is 0.833. The molecule has 6 heteroatoms. The van der Waals surface area contributed by atoms with Crippen LogP contribution in [0, 0.1) is 0 Å². The van der Waals surface area contributed by atoms with E-state index < -0.39 is 12.1 Å². The van der Waals surface area contributed by atoms with E-state index in [4.69, 9.17) is 10.8 Å². The van der Waals surface area contributed by atoms with Crippen LogP contribution in [-0.2, 0) is 4.79 Å². The number of likely N-dealkylation sites (tertiary alicyclic amines) is 2. The molecule has 2 amide bonds. The van der Waals surface area contributed by atoms with Gasteiger partial charge in [-0.3, -0.25) is 4.79 Å². The molecule has 0 radical (unpaired) electrons. The molecule has 0 spiro atoms. The first-order valence-electron chi connectivity index (χ1n) is 6.63. The van der Waals surface area contributed by atoms with Crippen molar-refractivity contribution >= 4 is 12.0 Å². The van der Waals surface area contributed by atoms with E-state index in [-0.39, 0.29) is 11.9 Å². The number of carboxylic acid groups (broad SMARTS) is 1. The van der Waals surface area contributed by atoms with Gasteiger partial charge in [0.15, 0.2) is 0 Å². The van der Waals surface area contributed by atoms with Crippen molar-refractivity contribution in [2.75, 3.05) is 19.6 Å². The highest BCUT2D eigenvalue weighted by atomic mass is 16.4. The molecule has 0 bridgehead atoms. The quantitative estimate of drug-likeness (QED) is 0.713. The maximum atomic E-state index is 12.2. The lowest BCUT2D eigenvalue weighted by Gasteiger charge is -2.38. The Balaban J connectivity index is 2.04. The Morgan fingerprint density at radius 2 is 2.00 bits per heavy atom. The zero-order valence-electron chi connectivity index (χ0n) is 10.5. The van der Waals surface area contributed by atoms with Gasteiger partial charge in [0, 0.05) is 25.7 Å². The van der Waals surface area contributed by atoms with Gasteiger partial charge in [0.05, 0.1) is 6.04 Å². The topological polar surface area (TPSA) is 86.9 Å². The van der Waals surface area contributed by atoms with Gasteiger partial charge in [-0.25, -0.2) is 4.79 Å². The van der Waals surface area contributed by atoms with Crippen LogP contribution in [0.1, 0.15) is 32.1 Å². The van der Waals surface area contributed by atoms with Crippen LogP contribution in [0.15, 0.2) is 0 Å². The van der Waals surface area contributed by atoms with Crippen molar-refractivity contribution in [3.63, 3.8) is 0 Å². The summed E-state index contributed by atoms with van der Waals surface area (Å²) >= 11 is 0. The van der Waals surface area contributed by atoms with E-state index >= 15 is 0 Å². The zero-order chi connectivity index (χ0) is 13.1. The summed E-state index contributed by atoms with van der Waals surface area (Å²) in [6.45, 7) is 1.71. The average molecular weight is 255 g/mol. The van der Waals surface area contributed by atoms with E-state index in [0.29, 0.717) is 19.6 Å². The van der Waals surface area contributed by atoms with Crippen LogP contribution in [0.5, 0.6) is 0 Å². The minimum atomic E-state index is -0.897. The number of nitrogens with two attached hydrogens (primary N) is 1. The molecule has 2 heterocycles. The predicted molar refractivity (Wildman–Crippen MR) is 66.2 cm³/mol. The van der Waals surface area contributed by atoms with Gasteiger partial charge in [0.2, 0.25) is 5.91 Å². The van der Waals surface area contributed by atoms with Crippen molar-refractivity contribution in [3.05, 3.63) is 0 Å². The number of hydrogen-bond donors (Lipinski definition) is 2. The van der Waals surface area contributed by atoms with Crippen molar-refractivity contribution < 1.29 is 14.7 Å². The summed E-state index contributed by atoms with van der Waals surface area (Å²) in [6, 6.07) is -0.404. The van der Waals surface area contributed by atoms with Gasteiger partial charge in [-0.2, -0.15) is 0 Å². The number of rotatable bonds is 1. The second-order valence-corrected chi connectivity index (χ2v) is 5.16. The average Bonchev–Trinajstić information content (AvgIpc) is 2.53. The lowest BCUT2D eigenvalue weighted by molar-refractivity contribution is -0.135. The van der Waals surface area contributed by atoms with Crippen LogP contribution in [-0.4, -0.2) is 58.6 Å². The fourth-order valence-electron chi connectivity index (χ4n) is 2.84. The molecule has 0 saturated carbocycles. The number of carbonyl (C=O) groups excluding carboxylic acids is 1. The highest BCUT2D eigenvalue weighted by Gasteiger charge is 2.33. The maximum Gasteiger partial charge on any atom is 0.407 e. The standard InChI is InChI=1S/C12H21N3O3/c13-10-5-1-2-7-15(11(10)16)9-4-3-6-14(8-9)12(17)18/h9-10H,1-8,13H2,(H,17,18). The normalized spacial score (nSPS) is 30.2. The third-order valence-electron chi connectivity index (χ3n) is 3.87. The van der Waals surface area contributed by atoms with Gasteiger partial charge in [0.1, 0.15) is 0 Å². The van der Waals surface area contributed by atoms with Gasteiger partial charge in [-0.1, -0.05) is 0 Å². The van der Waals surface area contributed by atoms with Crippen molar-refractivity contribution in [1.29, 1.82) is 0 Å². The molecule has 2 fully saturated rings. The summed E-state index contributed by atoms with van der Waals surface area (Å²) in [4.78, 5) is 26.4. The molecule has 18 heavy (non-hydrogen) atoms. The SMILES string of the molecule is NC1CCCCN(C2CCCN(C(=O)O)C2)C1=O. The first-order chi connectivity index (χ1) is 8.59. The van der Waals surface area contributed by atoms with Crippen molar-refractivity contribution in [2.45, 2.75) is 44.2 Å². The molecule has 0 aromatic carbocycles. The van der Waals surface area contributed by atoms with Crippen LogP contribution in [0.4, 0.5) is 4.79 Å². The second-order valence-electron chi connectivity index (χ2n) is 5.16. The maximum absolute atomic E-state index is 12.2. The molecular weight excluding hydrogens is 234 g/mol. The molecule has 2 rings (SSSR count). The molecule has 0 aliphatic carbocycles. The molecule has 6 nitrogen and oxygen atoms in total. The third kappa shape index (κ3) is 2.75. The minimum Gasteiger partial charge on any atom is -0.465 e. The number of nitrogens with zero attached hydrogens (tertiary/aromatic N) is 2. The Bertz CT molecular complexity index is 335. The van der Waals surface area contributed by atoms with E-state index in [0.717, 1.165) is 32.1 Å². The summed E-state index contributed by atoms with van der Waals surface area (Å²) in [6.07, 6.45) is 3.47. The van der Waals surface area contributed by atoms with Crippen molar-refractivity contribution in [1.82, 2.24) is 9.80 Å². The Morgan fingerprint density at radius 3 is 2.72 bits per heavy atom. The van der Waals surface area contributed by atoms with Crippen LogP contribution < -0.4 is 5.73 Å². The van der Waals surface area contributed by atoms with Crippen LogP contribution in [0.25, 0.3) is 0 Å². The van der Waals surface area contributed by atoms with Gasteiger partial charge in [0.25, 0.3) is 0 Å². The Labute approximate surface area is 107 Å². The summed E-state index contributed by atoms with van der Waals surface area (Å²) in [7, 11) is 0. The van der Waals surface area contributed by atoms with Crippen molar-refractivity contribution in [3.8, 4) is 0 Å². The lowest BCUT2D eigenvalue weighted by atomic mass is 10.0. The first kappa shape index (κ1) is 13.1. The Hall–Kier alpha value is -1.30. The predicted octanol–water partition coefficient (Wildman–Crippen LogP) is 0.469. The van der Waals surface area contributed by atoms with Crippen molar-refractivity contribution in [2.24, 2.45) is 5.73 Å². The lowest BCUT2D eigenvalue weighted by Crippen LogP contribution is -2.54. The second kappa shape index (κ2) is 5.56. The summed E-state index contributed by atoms with van der Waals surface area (Å²) in [5, 5.41) is 9.03. The molecule has 2 atom stereocenters. The van der Waals surface area contributed by atoms with Gasteiger partial charge in [-0.05, 0) is 32.1 Å². The van der Waals surface area contributed by atoms with Gasteiger partial charge < -0.3 is 20.6 Å². The fourth-order valence-corrected chi connectivity index (χ4v) is 2.84. The van der Waals surface area contributed by atoms with Crippen LogP contribution >= 0.6 is 0 Å². The molecule has 2 unspecified atom stereocenters. The molecule has 2 aliphatic rings. The first-order valence-corrected chi connectivity index (χ1v) is 6.63. The number of carbonyl (C=O) groups is 2. The largest absolute Gasteiger partial charge is 0.465 e. The molecule has 2 aliphatic heterocycles. The summed E-state index contributed by atoms with van der Waals surface area (Å²) in [5.74, 6) is -0.00950. The highest BCUT2D eigenvalue weighted by Crippen LogP contribution is 2.20. The minimum absolute atomic E-state index is 0.00602. The third-order valence-corrected chi connectivity index (χ3v) is 3.87. The molecule has 2 saturated heterocycles. The van der Waals surface area contributed by atoms with E-state index in [1.54, 1.807) is 0 Å². The molecule has 0 aromatic rings. The summed E-state index contributed by atoms with van der Waals surface area (Å²) < 4.78 is 0. The van der Waals surface area contributed by atoms with E-state index in [1.807, 2.05) is 4.90 Å². The molecular formula is C12H21N3O3. The number of amides is 2. The van der Waals surface area contributed by atoms with E-state index in [1.165, 1.54) is 4.90 Å². The highest BCUT2D eigenvalue weighted by molar-refractivity contribution is 5.82. The summed E-state index contributed by atoms with van der Waals surface area (Å²) in [5.41, 5.74) is 5.85. The smallest absolute Gasteiger partial charge is 0.407 e. The Morgan fingerprint density at radius 1 is 1.22 bits per heavy atom. The van der Waals surface area contributed by atoms with Gasteiger partial charge >= 0.3 is 6.09 Å². The van der Waals surface area contributed by atoms with Crippen LogP contribution in [0.2, 0.25) is 0 Å². The van der Waals surface area contributed by atoms with Crippen LogP contribution in [0.3, 0.4) is 0 Å². The number of hydrogen-bond acceptors (Lipinski definition) is 3. The Kier molecular flexibility index (Phi) is 4.06. The molecule has 0 aromatic heterocycles. The number of piperidine rings is 1. The monoisotopic (exact) mass is 255 g/mol. The van der Waals surface area contributed by atoms with E-state index in [2.05, 4.69) is 0 Å². The molecule has 102 valence electrons. The van der Waals surface area contributed by atoms with E-state index in [9.17, 15) is 9.59 Å².